The molecule has 1 aromatic rings. The number of aryl methyl sites for hydroxylation is 1. The van der Waals surface area contributed by atoms with E-state index in [0.29, 0.717) is 19.4 Å². The molecule has 7 heteroatoms. The van der Waals surface area contributed by atoms with Gasteiger partial charge in [0.25, 0.3) is 0 Å². The van der Waals surface area contributed by atoms with Gasteiger partial charge >= 0.3 is 0 Å². The number of amides is 2. The first-order valence-corrected chi connectivity index (χ1v) is 8.46. The van der Waals surface area contributed by atoms with Gasteiger partial charge in [0.05, 0.1) is 18.6 Å². The highest BCUT2D eigenvalue weighted by atomic mass is 35.5. The number of benzene rings is 1. The molecule has 0 radical (unpaired) electrons. The van der Waals surface area contributed by atoms with E-state index in [1.807, 2.05) is 24.3 Å². The lowest BCUT2D eigenvalue weighted by atomic mass is 9.78. The van der Waals surface area contributed by atoms with Crippen LogP contribution >= 0.6 is 12.4 Å². The first-order valence-electron chi connectivity index (χ1n) is 8.46. The van der Waals surface area contributed by atoms with E-state index in [1.165, 1.54) is 0 Å². The van der Waals surface area contributed by atoms with Crippen LogP contribution in [0.1, 0.15) is 25.3 Å². The summed E-state index contributed by atoms with van der Waals surface area (Å²) < 4.78 is 5.24. The maximum atomic E-state index is 12.6. The van der Waals surface area contributed by atoms with E-state index in [1.54, 1.807) is 7.11 Å². The van der Waals surface area contributed by atoms with Crippen LogP contribution in [-0.2, 0) is 20.7 Å². The Balaban J connectivity index is 0.00000312. The van der Waals surface area contributed by atoms with Gasteiger partial charge in [-0.05, 0) is 50.0 Å². The number of methoxy groups -OCH3 is 1. The lowest BCUT2D eigenvalue weighted by Crippen LogP contribution is -2.51. The molecule has 25 heavy (non-hydrogen) atoms. The van der Waals surface area contributed by atoms with E-state index in [-0.39, 0.29) is 30.8 Å². The Labute approximate surface area is 155 Å². The molecule has 0 atom stereocenters. The summed E-state index contributed by atoms with van der Waals surface area (Å²) in [6, 6.07) is 7.72. The molecule has 1 aromatic carbocycles. The molecule has 0 aromatic heterocycles. The van der Waals surface area contributed by atoms with Gasteiger partial charge < -0.3 is 20.7 Å². The lowest BCUT2D eigenvalue weighted by Gasteiger charge is -2.35. The minimum atomic E-state index is -0.539. The molecular formula is C18H28ClN3O3. The highest BCUT2D eigenvalue weighted by Crippen LogP contribution is 2.29. The van der Waals surface area contributed by atoms with Gasteiger partial charge in [0.2, 0.25) is 11.8 Å². The number of ether oxygens (including phenoxy) is 1. The van der Waals surface area contributed by atoms with Crippen molar-refractivity contribution < 1.29 is 14.3 Å². The van der Waals surface area contributed by atoms with Crippen LogP contribution in [0.2, 0.25) is 0 Å². The number of anilines is 1. The number of hydrogen-bond acceptors (Lipinski definition) is 4. The van der Waals surface area contributed by atoms with Crippen molar-refractivity contribution in [2.75, 3.05) is 38.7 Å². The molecular weight excluding hydrogens is 342 g/mol. The van der Waals surface area contributed by atoms with Gasteiger partial charge in [-0.2, -0.15) is 0 Å². The number of piperidine rings is 1. The van der Waals surface area contributed by atoms with Crippen LogP contribution in [0.15, 0.2) is 24.3 Å². The summed E-state index contributed by atoms with van der Waals surface area (Å²) in [4.78, 5) is 24.7. The zero-order valence-electron chi connectivity index (χ0n) is 14.9. The van der Waals surface area contributed by atoms with Crippen LogP contribution in [0.4, 0.5) is 5.69 Å². The fourth-order valence-corrected chi connectivity index (χ4v) is 3.04. The second-order valence-electron chi connectivity index (χ2n) is 6.25. The van der Waals surface area contributed by atoms with E-state index in [4.69, 9.17) is 4.74 Å². The summed E-state index contributed by atoms with van der Waals surface area (Å²) in [7, 11) is 1.60. The smallest absolute Gasteiger partial charge is 0.243 e. The van der Waals surface area contributed by atoms with E-state index in [2.05, 4.69) is 22.9 Å². The maximum Gasteiger partial charge on any atom is 0.243 e. The topological polar surface area (TPSA) is 79.5 Å². The van der Waals surface area contributed by atoms with Crippen molar-refractivity contribution in [2.24, 2.45) is 5.41 Å². The molecule has 2 rings (SSSR count). The Hall–Kier alpha value is -1.63. The summed E-state index contributed by atoms with van der Waals surface area (Å²) in [5.41, 5.74) is 1.37. The van der Waals surface area contributed by atoms with Gasteiger partial charge in [-0.3, -0.25) is 9.59 Å². The molecule has 0 saturated carbocycles. The third-order valence-electron chi connectivity index (χ3n) is 4.49. The number of nitrogens with one attached hydrogen (secondary N) is 3. The second-order valence-corrected chi connectivity index (χ2v) is 6.25. The molecule has 0 spiro atoms. The molecule has 1 aliphatic heterocycles. The number of hydrogen-bond donors (Lipinski definition) is 3. The van der Waals surface area contributed by atoms with Crippen molar-refractivity contribution in [3.05, 3.63) is 29.8 Å². The van der Waals surface area contributed by atoms with Gasteiger partial charge in [-0.1, -0.05) is 19.1 Å². The molecule has 6 nitrogen and oxygen atoms in total. The zero-order chi connectivity index (χ0) is 17.4. The number of halogens is 1. The van der Waals surface area contributed by atoms with Crippen LogP contribution in [0, 0.1) is 5.41 Å². The Kier molecular flexibility index (Phi) is 8.89. The van der Waals surface area contributed by atoms with Gasteiger partial charge in [-0.15, -0.1) is 12.4 Å². The quantitative estimate of drug-likeness (QED) is 0.684. The normalized spacial score (nSPS) is 15.8. The average Bonchev–Trinajstić information content (AvgIpc) is 2.61. The molecule has 1 saturated heterocycles. The highest BCUT2D eigenvalue weighted by molar-refractivity contribution is 5.95. The van der Waals surface area contributed by atoms with E-state index in [9.17, 15) is 9.59 Å². The molecule has 1 aliphatic rings. The minimum absolute atomic E-state index is 0. The monoisotopic (exact) mass is 369 g/mol. The highest BCUT2D eigenvalue weighted by Gasteiger charge is 2.39. The Morgan fingerprint density at radius 2 is 2.00 bits per heavy atom. The average molecular weight is 370 g/mol. The summed E-state index contributed by atoms with van der Waals surface area (Å²) in [5.74, 6) is -0.332. The lowest BCUT2D eigenvalue weighted by molar-refractivity contribution is -0.137. The van der Waals surface area contributed by atoms with Gasteiger partial charge in [-0.25, -0.2) is 0 Å². The van der Waals surface area contributed by atoms with Crippen molar-refractivity contribution >= 4 is 29.9 Å². The molecule has 0 aliphatic carbocycles. The van der Waals surface area contributed by atoms with E-state index >= 15 is 0 Å². The van der Waals surface area contributed by atoms with Crippen LogP contribution in [0.3, 0.4) is 0 Å². The zero-order valence-corrected chi connectivity index (χ0v) is 15.7. The third kappa shape index (κ3) is 5.99. The fraction of sp³-hybridized carbons (Fsp3) is 0.556. The first-order chi connectivity index (χ1) is 11.6. The van der Waals surface area contributed by atoms with Gasteiger partial charge in [0.1, 0.15) is 0 Å². The number of rotatable bonds is 7. The first kappa shape index (κ1) is 21.4. The van der Waals surface area contributed by atoms with Crippen molar-refractivity contribution in [3.8, 4) is 0 Å². The molecule has 0 bridgehead atoms. The van der Waals surface area contributed by atoms with Gasteiger partial charge in [0.15, 0.2) is 0 Å². The largest absolute Gasteiger partial charge is 0.384 e. The fourth-order valence-electron chi connectivity index (χ4n) is 3.04. The molecule has 3 N–H and O–H groups in total. The Morgan fingerprint density at radius 1 is 1.28 bits per heavy atom. The summed E-state index contributed by atoms with van der Waals surface area (Å²) in [5, 5.41) is 8.84. The predicted molar refractivity (Wildman–Crippen MR) is 101 cm³/mol. The summed E-state index contributed by atoms with van der Waals surface area (Å²) >= 11 is 0. The van der Waals surface area contributed by atoms with Crippen molar-refractivity contribution in [1.82, 2.24) is 10.6 Å². The van der Waals surface area contributed by atoms with E-state index < -0.39 is 5.41 Å². The number of carbonyl (C=O) groups excluding carboxylic acids is 2. The van der Waals surface area contributed by atoms with Crippen molar-refractivity contribution in [1.29, 1.82) is 0 Å². The van der Waals surface area contributed by atoms with Crippen LogP contribution in [0.5, 0.6) is 0 Å². The molecule has 1 fully saturated rings. The molecule has 1 heterocycles. The van der Waals surface area contributed by atoms with Gasteiger partial charge in [0, 0.05) is 12.8 Å². The number of carbonyl (C=O) groups is 2. The van der Waals surface area contributed by atoms with E-state index in [0.717, 1.165) is 30.8 Å². The van der Waals surface area contributed by atoms with Crippen molar-refractivity contribution in [3.63, 3.8) is 0 Å². The summed E-state index contributed by atoms with van der Waals surface area (Å²) in [6.45, 7) is 3.98. The molecule has 0 unspecified atom stereocenters. The SMILES string of the molecule is CCc1cccc(NC(=O)CNC(=O)C2(COC)CCNCC2)c1.Cl. The maximum absolute atomic E-state index is 12.6. The summed E-state index contributed by atoms with van der Waals surface area (Å²) in [6.07, 6.45) is 2.34. The molecule has 2 amide bonds. The standard InChI is InChI=1S/C18H27N3O3.ClH/c1-3-14-5-4-6-15(11-14)21-16(22)12-20-17(23)18(13-24-2)7-9-19-10-8-18;/h4-6,11,19H,3,7-10,12-13H2,1-2H3,(H,20,23)(H,21,22);1H. The minimum Gasteiger partial charge on any atom is -0.384 e. The van der Waals surface area contributed by atoms with Crippen LogP contribution in [0.25, 0.3) is 0 Å². The van der Waals surface area contributed by atoms with Crippen molar-refractivity contribution in [2.45, 2.75) is 26.2 Å². The molecule has 140 valence electrons. The second kappa shape index (κ2) is 10.4. The predicted octanol–water partition coefficient (Wildman–Crippen LogP) is 1.74. The Morgan fingerprint density at radius 3 is 2.64 bits per heavy atom. The Bertz CT molecular complexity index is 569. The van der Waals surface area contributed by atoms with Crippen LogP contribution < -0.4 is 16.0 Å². The van der Waals surface area contributed by atoms with Crippen LogP contribution in [-0.4, -0.2) is 45.2 Å². The third-order valence-corrected chi connectivity index (χ3v) is 4.49.